The summed E-state index contributed by atoms with van der Waals surface area (Å²) >= 11 is 5.37. The molecule has 0 aliphatic heterocycles. The Kier molecular flexibility index (Phi) is 3.35. The maximum absolute atomic E-state index is 6.07. The molecule has 3 heteroatoms. The highest BCUT2D eigenvalue weighted by Gasteiger charge is 2.06. The molecule has 2 N–H and O–H groups in total. The molecule has 0 bridgehead atoms. The first-order valence-corrected chi connectivity index (χ1v) is 6.79. The fourth-order valence-corrected chi connectivity index (χ4v) is 2.43. The van der Waals surface area contributed by atoms with Gasteiger partial charge in [-0.2, -0.15) is 0 Å². The number of aromatic nitrogens is 1. The summed E-state index contributed by atoms with van der Waals surface area (Å²) in [4.78, 5) is 0. The molecule has 0 atom stereocenters. The smallest absolute Gasteiger partial charge is 0.126 e. The van der Waals surface area contributed by atoms with E-state index in [4.69, 9.17) is 18.1 Å². The van der Waals surface area contributed by atoms with Crippen molar-refractivity contribution in [2.75, 3.05) is 5.84 Å². The lowest BCUT2D eigenvalue weighted by molar-refractivity contribution is 0.981. The number of nitrogens with two attached hydrogens (primary N) is 1. The van der Waals surface area contributed by atoms with E-state index >= 15 is 0 Å². The predicted molar refractivity (Wildman–Crippen MR) is 86.3 cm³/mol. The van der Waals surface area contributed by atoms with Crippen LogP contribution < -0.4 is 5.84 Å². The number of nitrogen functional groups attached to an aromatic ring is 1. The molecule has 2 nitrogen and oxygen atoms in total. The van der Waals surface area contributed by atoms with Crippen molar-refractivity contribution in [2.24, 2.45) is 0 Å². The number of nitrogens with zero attached hydrogens (tertiary/aromatic N) is 1. The third-order valence-corrected chi connectivity index (χ3v) is 3.56. The summed E-state index contributed by atoms with van der Waals surface area (Å²) in [6, 6.07) is 24.2. The zero-order valence-electron chi connectivity index (χ0n) is 10.9. The van der Waals surface area contributed by atoms with Crippen molar-refractivity contribution in [2.45, 2.75) is 0 Å². The number of hydrogen-bond acceptors (Lipinski definition) is 2. The first-order valence-electron chi connectivity index (χ1n) is 6.39. The Morgan fingerprint density at radius 1 is 0.700 bits per heavy atom. The summed E-state index contributed by atoms with van der Waals surface area (Å²) in [6.07, 6.45) is 0. The van der Waals surface area contributed by atoms with Gasteiger partial charge in [0.2, 0.25) is 0 Å². The first kappa shape index (κ1) is 12.6. The zero-order chi connectivity index (χ0) is 13.9. The van der Waals surface area contributed by atoms with Gasteiger partial charge in [0.25, 0.3) is 0 Å². The Labute approximate surface area is 123 Å². The van der Waals surface area contributed by atoms with Crippen LogP contribution >= 0.6 is 12.2 Å². The Morgan fingerprint density at radius 2 is 1.25 bits per heavy atom. The number of hydrogen-bond donors (Lipinski definition) is 1. The second-order valence-corrected chi connectivity index (χ2v) is 4.99. The van der Waals surface area contributed by atoms with Crippen LogP contribution in [0.25, 0.3) is 22.4 Å². The summed E-state index contributed by atoms with van der Waals surface area (Å²) in [5.74, 6) is 6.07. The summed E-state index contributed by atoms with van der Waals surface area (Å²) in [5, 5.41) is 0. The molecule has 0 fully saturated rings. The van der Waals surface area contributed by atoms with Crippen LogP contribution in [-0.2, 0) is 0 Å². The minimum atomic E-state index is 0.616. The second kappa shape index (κ2) is 5.31. The van der Waals surface area contributed by atoms with Crippen molar-refractivity contribution in [1.82, 2.24) is 4.68 Å². The molecule has 20 heavy (non-hydrogen) atoms. The molecule has 0 aliphatic rings. The Bertz CT molecular complexity index is 777. The van der Waals surface area contributed by atoms with Gasteiger partial charge >= 0.3 is 0 Å². The van der Waals surface area contributed by atoms with Crippen LogP contribution in [0.1, 0.15) is 0 Å². The van der Waals surface area contributed by atoms with Crippen LogP contribution in [0.15, 0.2) is 72.8 Å². The van der Waals surface area contributed by atoms with Crippen molar-refractivity contribution in [1.29, 1.82) is 0 Å². The van der Waals surface area contributed by atoms with E-state index in [0.717, 1.165) is 22.4 Å². The molecule has 0 saturated heterocycles. The maximum atomic E-state index is 6.07. The Balaban J connectivity index is 2.22. The lowest BCUT2D eigenvalue weighted by Gasteiger charge is -2.12. The van der Waals surface area contributed by atoms with Crippen LogP contribution in [0.4, 0.5) is 0 Å². The minimum absolute atomic E-state index is 0.616. The highest BCUT2D eigenvalue weighted by atomic mass is 32.1. The van der Waals surface area contributed by atoms with E-state index in [2.05, 4.69) is 18.2 Å². The van der Waals surface area contributed by atoms with Crippen molar-refractivity contribution in [3.8, 4) is 22.4 Å². The molecular weight excluding hydrogens is 264 g/mol. The Hall–Kier alpha value is -2.39. The predicted octanol–water partition coefficient (Wildman–Crippen LogP) is 4.27. The Morgan fingerprint density at radius 3 is 1.85 bits per heavy atom. The fraction of sp³-hybridized carbons (Fsp3) is 0. The third kappa shape index (κ3) is 2.36. The maximum Gasteiger partial charge on any atom is 0.126 e. The molecule has 1 aromatic heterocycles. The summed E-state index contributed by atoms with van der Waals surface area (Å²) < 4.78 is 2.17. The SMILES string of the molecule is Nn1c(-c2ccccc2)cc(-c2ccccc2)cc1=S. The molecule has 0 saturated carbocycles. The van der Waals surface area contributed by atoms with E-state index in [9.17, 15) is 0 Å². The molecule has 2 aromatic carbocycles. The molecule has 0 unspecified atom stereocenters. The lowest BCUT2D eigenvalue weighted by atomic mass is 10.0. The van der Waals surface area contributed by atoms with Crippen LogP contribution in [0.2, 0.25) is 0 Å². The van der Waals surface area contributed by atoms with Gasteiger partial charge in [-0.05, 0) is 23.3 Å². The summed E-state index contributed by atoms with van der Waals surface area (Å²) in [5.41, 5.74) is 4.18. The fourth-order valence-electron chi connectivity index (χ4n) is 2.21. The van der Waals surface area contributed by atoms with Crippen LogP contribution in [0.3, 0.4) is 0 Å². The molecule has 0 radical (unpaired) electrons. The standard InChI is InChI=1S/C17H14N2S/c18-19-16(14-9-5-2-6-10-14)11-15(12-17(19)20)13-7-3-1-4-8-13/h1-12H,18H2. The van der Waals surface area contributed by atoms with Crippen LogP contribution in [0.5, 0.6) is 0 Å². The topological polar surface area (TPSA) is 30.9 Å². The third-order valence-electron chi connectivity index (χ3n) is 3.24. The largest absolute Gasteiger partial charge is 0.338 e. The summed E-state index contributed by atoms with van der Waals surface area (Å²) in [6.45, 7) is 0. The van der Waals surface area contributed by atoms with Crippen molar-refractivity contribution >= 4 is 12.2 Å². The van der Waals surface area contributed by atoms with Crippen LogP contribution in [-0.4, -0.2) is 4.68 Å². The van der Waals surface area contributed by atoms with Gasteiger partial charge in [-0.3, -0.25) is 4.68 Å². The second-order valence-electron chi connectivity index (χ2n) is 4.57. The van der Waals surface area contributed by atoms with Gasteiger partial charge in [-0.25, -0.2) is 0 Å². The average Bonchev–Trinajstić information content (AvgIpc) is 2.51. The van der Waals surface area contributed by atoms with Crippen LogP contribution in [0, 0.1) is 4.64 Å². The lowest BCUT2D eigenvalue weighted by Crippen LogP contribution is -2.13. The van der Waals surface area contributed by atoms with E-state index in [1.165, 1.54) is 0 Å². The normalized spacial score (nSPS) is 10.4. The van der Waals surface area contributed by atoms with Gasteiger partial charge in [-0.15, -0.1) is 0 Å². The number of benzene rings is 2. The van der Waals surface area contributed by atoms with Gasteiger partial charge in [0, 0.05) is 5.56 Å². The van der Waals surface area contributed by atoms with E-state index in [1.54, 1.807) is 4.68 Å². The first-order chi connectivity index (χ1) is 9.75. The van der Waals surface area contributed by atoms with E-state index in [1.807, 2.05) is 54.6 Å². The highest BCUT2D eigenvalue weighted by molar-refractivity contribution is 7.71. The molecule has 0 aliphatic carbocycles. The van der Waals surface area contributed by atoms with Crippen molar-refractivity contribution in [3.63, 3.8) is 0 Å². The molecule has 3 rings (SSSR count). The molecule has 1 heterocycles. The van der Waals surface area contributed by atoms with E-state index in [0.29, 0.717) is 4.64 Å². The quantitative estimate of drug-likeness (QED) is 0.560. The van der Waals surface area contributed by atoms with Gasteiger partial charge in [0.05, 0.1) is 5.69 Å². The van der Waals surface area contributed by atoms with Crippen molar-refractivity contribution < 1.29 is 0 Å². The number of rotatable bonds is 2. The van der Waals surface area contributed by atoms with E-state index < -0.39 is 0 Å². The molecule has 3 aromatic rings. The van der Waals surface area contributed by atoms with Gasteiger partial charge in [0.1, 0.15) is 4.64 Å². The van der Waals surface area contributed by atoms with Gasteiger partial charge in [-0.1, -0.05) is 72.9 Å². The molecular formula is C17H14N2S. The molecule has 0 amide bonds. The molecule has 98 valence electrons. The number of pyridine rings is 1. The van der Waals surface area contributed by atoms with Crippen molar-refractivity contribution in [3.05, 3.63) is 77.4 Å². The van der Waals surface area contributed by atoms with E-state index in [-0.39, 0.29) is 0 Å². The average molecular weight is 278 g/mol. The highest BCUT2D eigenvalue weighted by Crippen LogP contribution is 2.25. The molecule has 0 spiro atoms. The summed E-state index contributed by atoms with van der Waals surface area (Å²) in [7, 11) is 0. The monoisotopic (exact) mass is 278 g/mol. The zero-order valence-corrected chi connectivity index (χ0v) is 11.7. The van der Waals surface area contributed by atoms with Gasteiger partial charge < -0.3 is 5.84 Å². The van der Waals surface area contributed by atoms with Gasteiger partial charge in [0.15, 0.2) is 0 Å². The minimum Gasteiger partial charge on any atom is -0.338 e.